The number of rotatable bonds is 9. The zero-order valence-electron chi connectivity index (χ0n) is 22.3. The molecule has 4 rings (SSSR count). The molecule has 0 aliphatic heterocycles. The summed E-state index contributed by atoms with van der Waals surface area (Å²) < 4.78 is 5.19. The number of nitrogens with zero attached hydrogens (tertiary/aromatic N) is 4. The van der Waals surface area contributed by atoms with Crippen molar-refractivity contribution in [1.82, 2.24) is 14.9 Å². The van der Waals surface area contributed by atoms with E-state index in [1.807, 2.05) is 44.4 Å². The van der Waals surface area contributed by atoms with Gasteiger partial charge >= 0.3 is 0 Å². The van der Waals surface area contributed by atoms with Crippen molar-refractivity contribution >= 4 is 23.5 Å². The summed E-state index contributed by atoms with van der Waals surface area (Å²) in [6, 6.07) is 23.2. The van der Waals surface area contributed by atoms with Crippen molar-refractivity contribution in [3.05, 3.63) is 102 Å². The van der Waals surface area contributed by atoms with Crippen molar-refractivity contribution < 1.29 is 19.4 Å². The highest BCUT2D eigenvalue weighted by molar-refractivity contribution is 6.04. The SMILES string of the molecule is COc1cccc(C(=O)Nc2cccc(C(O)CN(C)C(=O)c3cnc(N(C)C)nc3-c3ccccc3)c2)c1. The minimum absolute atomic E-state index is 0.0236. The number of carbonyl (C=O) groups excluding carboxylic acids is 2. The van der Waals surface area contributed by atoms with Gasteiger partial charge in [-0.15, -0.1) is 0 Å². The van der Waals surface area contributed by atoms with Gasteiger partial charge in [-0.25, -0.2) is 9.97 Å². The molecule has 39 heavy (non-hydrogen) atoms. The molecule has 4 aromatic rings. The first kappa shape index (κ1) is 27.3. The smallest absolute Gasteiger partial charge is 0.257 e. The summed E-state index contributed by atoms with van der Waals surface area (Å²) in [5.41, 5.74) is 3.17. The number of hydrogen-bond donors (Lipinski definition) is 2. The zero-order valence-corrected chi connectivity index (χ0v) is 22.3. The van der Waals surface area contributed by atoms with Gasteiger partial charge in [-0.1, -0.05) is 48.5 Å². The van der Waals surface area contributed by atoms with Gasteiger partial charge in [0.1, 0.15) is 5.75 Å². The van der Waals surface area contributed by atoms with E-state index in [9.17, 15) is 14.7 Å². The molecule has 1 heterocycles. The quantitative estimate of drug-likeness (QED) is 0.336. The number of likely N-dealkylation sites (N-methyl/N-ethyl adjacent to an activating group) is 1. The highest BCUT2D eigenvalue weighted by atomic mass is 16.5. The van der Waals surface area contributed by atoms with Crippen molar-refractivity contribution in [3.8, 4) is 17.0 Å². The van der Waals surface area contributed by atoms with Gasteiger partial charge in [-0.3, -0.25) is 9.59 Å². The summed E-state index contributed by atoms with van der Waals surface area (Å²) in [5.74, 6) is 0.445. The first-order valence-corrected chi connectivity index (χ1v) is 12.4. The Kier molecular flexibility index (Phi) is 8.53. The van der Waals surface area contributed by atoms with Crippen molar-refractivity contribution in [2.75, 3.05) is 45.0 Å². The number of aliphatic hydroxyl groups excluding tert-OH is 1. The summed E-state index contributed by atoms with van der Waals surface area (Å²) in [6.07, 6.45) is 0.528. The maximum atomic E-state index is 13.5. The van der Waals surface area contributed by atoms with Gasteiger partial charge in [-0.05, 0) is 35.9 Å². The number of benzene rings is 3. The van der Waals surface area contributed by atoms with Crippen LogP contribution in [0.25, 0.3) is 11.3 Å². The Morgan fingerprint density at radius 3 is 2.44 bits per heavy atom. The largest absolute Gasteiger partial charge is 0.497 e. The predicted molar refractivity (Wildman–Crippen MR) is 151 cm³/mol. The number of methoxy groups -OCH3 is 1. The highest BCUT2D eigenvalue weighted by Crippen LogP contribution is 2.25. The van der Waals surface area contributed by atoms with Gasteiger partial charge in [0.05, 0.1) is 31.0 Å². The van der Waals surface area contributed by atoms with E-state index in [1.165, 1.54) is 18.2 Å². The lowest BCUT2D eigenvalue weighted by Gasteiger charge is -2.23. The predicted octanol–water partition coefficient (Wildman–Crippen LogP) is 4.28. The molecule has 0 saturated heterocycles. The first-order chi connectivity index (χ1) is 18.8. The minimum atomic E-state index is -0.991. The molecule has 1 unspecified atom stereocenters. The van der Waals surface area contributed by atoms with Crippen molar-refractivity contribution in [1.29, 1.82) is 0 Å². The molecule has 9 heteroatoms. The minimum Gasteiger partial charge on any atom is -0.497 e. The molecule has 1 aromatic heterocycles. The molecule has 200 valence electrons. The van der Waals surface area contributed by atoms with Crippen LogP contribution in [0, 0.1) is 0 Å². The molecule has 0 fully saturated rings. The molecule has 0 bridgehead atoms. The number of hydrogen-bond acceptors (Lipinski definition) is 7. The normalized spacial score (nSPS) is 11.4. The van der Waals surface area contributed by atoms with Crippen LogP contribution in [0.15, 0.2) is 85.1 Å². The second-order valence-corrected chi connectivity index (χ2v) is 9.21. The molecular weight excluding hydrogens is 494 g/mol. The lowest BCUT2D eigenvalue weighted by atomic mass is 10.1. The maximum Gasteiger partial charge on any atom is 0.257 e. The van der Waals surface area contributed by atoms with Gasteiger partial charge in [0, 0.05) is 44.2 Å². The molecule has 0 aliphatic carbocycles. The molecule has 3 aromatic carbocycles. The van der Waals surface area contributed by atoms with E-state index in [0.717, 1.165) is 5.56 Å². The van der Waals surface area contributed by atoms with E-state index in [-0.39, 0.29) is 18.4 Å². The van der Waals surface area contributed by atoms with Crippen LogP contribution in [-0.4, -0.2) is 66.6 Å². The van der Waals surface area contributed by atoms with Crippen LogP contribution >= 0.6 is 0 Å². The van der Waals surface area contributed by atoms with Gasteiger partial charge in [0.2, 0.25) is 5.95 Å². The Morgan fingerprint density at radius 2 is 1.72 bits per heavy atom. The van der Waals surface area contributed by atoms with Crippen LogP contribution in [0.3, 0.4) is 0 Å². The molecular formula is C30H31N5O4. The third-order valence-corrected chi connectivity index (χ3v) is 6.11. The Hall–Kier alpha value is -4.76. The Morgan fingerprint density at radius 1 is 0.974 bits per heavy atom. The summed E-state index contributed by atoms with van der Waals surface area (Å²) >= 11 is 0. The van der Waals surface area contributed by atoms with Crippen LogP contribution in [0.4, 0.5) is 11.6 Å². The Bertz CT molecular complexity index is 1460. The fourth-order valence-corrected chi connectivity index (χ4v) is 4.01. The average molecular weight is 526 g/mol. The first-order valence-electron chi connectivity index (χ1n) is 12.4. The highest BCUT2D eigenvalue weighted by Gasteiger charge is 2.22. The molecule has 1 atom stereocenters. The van der Waals surface area contributed by atoms with Gasteiger partial charge in [0.25, 0.3) is 11.8 Å². The average Bonchev–Trinajstić information content (AvgIpc) is 2.97. The standard InChI is InChI=1S/C30H31N5O4/c1-34(2)30-31-18-25(27(33-30)20-10-6-5-7-11-20)29(38)35(3)19-26(36)21-12-8-14-23(16-21)32-28(37)22-13-9-15-24(17-22)39-4/h5-18,26,36H,19H2,1-4H3,(H,32,37). The fraction of sp³-hybridized carbons (Fsp3) is 0.200. The summed E-state index contributed by atoms with van der Waals surface area (Å²) in [5, 5.41) is 13.8. The number of anilines is 2. The van der Waals surface area contributed by atoms with Crippen molar-refractivity contribution in [3.63, 3.8) is 0 Å². The number of aliphatic hydroxyl groups is 1. The lowest BCUT2D eigenvalue weighted by Crippen LogP contribution is -2.32. The third-order valence-electron chi connectivity index (χ3n) is 6.11. The number of ether oxygens (including phenoxy) is 1. The number of amides is 2. The van der Waals surface area contributed by atoms with Crippen LogP contribution < -0.4 is 15.0 Å². The Labute approximate surface area is 227 Å². The summed E-state index contributed by atoms with van der Waals surface area (Å²) in [6.45, 7) is 0.0236. The van der Waals surface area contributed by atoms with Crippen LogP contribution in [0.1, 0.15) is 32.4 Å². The van der Waals surface area contributed by atoms with E-state index in [0.29, 0.717) is 39.8 Å². The summed E-state index contributed by atoms with van der Waals surface area (Å²) in [7, 11) is 6.83. The molecule has 0 aliphatic rings. The van der Waals surface area contributed by atoms with E-state index >= 15 is 0 Å². The molecule has 9 nitrogen and oxygen atoms in total. The van der Waals surface area contributed by atoms with Crippen molar-refractivity contribution in [2.45, 2.75) is 6.10 Å². The van der Waals surface area contributed by atoms with Crippen LogP contribution in [0.5, 0.6) is 5.75 Å². The Balaban J connectivity index is 1.50. The molecule has 0 radical (unpaired) electrons. The summed E-state index contributed by atoms with van der Waals surface area (Å²) in [4.78, 5) is 38.3. The van der Waals surface area contributed by atoms with Gasteiger partial charge in [0.15, 0.2) is 0 Å². The van der Waals surface area contributed by atoms with E-state index in [1.54, 1.807) is 60.5 Å². The number of carbonyl (C=O) groups is 2. The second-order valence-electron chi connectivity index (χ2n) is 9.21. The second kappa shape index (κ2) is 12.2. The molecule has 0 saturated carbocycles. The van der Waals surface area contributed by atoms with Gasteiger partial charge in [-0.2, -0.15) is 0 Å². The topological polar surface area (TPSA) is 108 Å². The molecule has 2 N–H and O–H groups in total. The lowest BCUT2D eigenvalue weighted by molar-refractivity contribution is 0.0681. The fourth-order valence-electron chi connectivity index (χ4n) is 4.01. The third kappa shape index (κ3) is 6.58. The number of aromatic nitrogens is 2. The monoisotopic (exact) mass is 525 g/mol. The van der Waals surface area contributed by atoms with Crippen LogP contribution in [-0.2, 0) is 0 Å². The zero-order chi connectivity index (χ0) is 27.9. The maximum absolute atomic E-state index is 13.5. The molecule has 2 amide bonds. The number of nitrogens with one attached hydrogen (secondary N) is 1. The van der Waals surface area contributed by atoms with Gasteiger partial charge < -0.3 is 25.0 Å². The van der Waals surface area contributed by atoms with E-state index in [4.69, 9.17) is 4.74 Å². The van der Waals surface area contributed by atoms with Crippen LogP contribution in [0.2, 0.25) is 0 Å². The van der Waals surface area contributed by atoms with Crippen molar-refractivity contribution in [2.24, 2.45) is 0 Å². The molecule has 0 spiro atoms. The van der Waals surface area contributed by atoms with E-state index < -0.39 is 6.10 Å². The van der Waals surface area contributed by atoms with E-state index in [2.05, 4.69) is 15.3 Å².